The summed E-state index contributed by atoms with van der Waals surface area (Å²) in [5, 5.41) is 23.8. The first-order valence-corrected chi connectivity index (χ1v) is 7.98. The molecule has 0 atom stereocenters. The Morgan fingerprint density at radius 1 is 1.00 bits per heavy atom. The highest BCUT2D eigenvalue weighted by atomic mass is 32.1. The number of amides is 1. The molecule has 1 amide bonds. The normalized spacial score (nSPS) is 11.7. The summed E-state index contributed by atoms with van der Waals surface area (Å²) >= 11 is 4.74. The van der Waals surface area contributed by atoms with E-state index in [-0.39, 0.29) is 23.9 Å². The van der Waals surface area contributed by atoms with E-state index in [4.69, 9.17) is 12.2 Å². The number of nitrogens with one attached hydrogen (secondary N) is 2. The minimum atomic E-state index is -5.14. The van der Waals surface area contributed by atoms with Crippen molar-refractivity contribution in [2.45, 2.75) is 12.4 Å². The van der Waals surface area contributed by atoms with Gasteiger partial charge in [0.05, 0.1) is 27.8 Å². The van der Waals surface area contributed by atoms with Gasteiger partial charge in [0.25, 0.3) is 11.6 Å². The van der Waals surface area contributed by atoms with Crippen molar-refractivity contribution in [1.29, 1.82) is 0 Å². The van der Waals surface area contributed by atoms with Gasteiger partial charge < -0.3 is 10.4 Å². The number of non-ortho nitro benzene ring substituents is 1. The Balaban J connectivity index is 2.25. The smallest absolute Gasteiger partial charge is 0.416 e. The third-order valence-electron chi connectivity index (χ3n) is 3.52. The first-order chi connectivity index (χ1) is 13.7. The highest BCUT2D eigenvalue weighted by Gasteiger charge is 2.37. The Bertz CT molecular complexity index is 991. The Morgan fingerprint density at radius 2 is 1.53 bits per heavy atom. The van der Waals surface area contributed by atoms with E-state index < -0.39 is 56.4 Å². The SMILES string of the molecule is O=C(NC(=S)Nc1ccc([N+](=O)[O-])cc1O)c1cc(C(F)(F)F)cc(C(F)(F)F)c1. The van der Waals surface area contributed by atoms with Gasteiger partial charge in [0.15, 0.2) is 5.11 Å². The molecule has 0 aromatic heterocycles. The standard InChI is InChI=1S/C16H9F6N3O4S/c17-15(18,19)8-3-7(4-9(5-8)16(20,21)22)13(27)24-14(30)23-11-2-1-10(25(28)29)6-12(11)26/h1-6,26H,(H2,23,24,27,30). The van der Waals surface area contributed by atoms with Crippen molar-refractivity contribution >= 4 is 34.6 Å². The van der Waals surface area contributed by atoms with Crippen LogP contribution in [0, 0.1) is 10.1 Å². The van der Waals surface area contributed by atoms with Gasteiger partial charge >= 0.3 is 12.4 Å². The second kappa shape index (κ2) is 8.14. The van der Waals surface area contributed by atoms with E-state index in [0.717, 1.165) is 18.2 Å². The van der Waals surface area contributed by atoms with Crippen molar-refractivity contribution in [2.24, 2.45) is 0 Å². The summed E-state index contributed by atoms with van der Waals surface area (Å²) in [6.45, 7) is 0. The van der Waals surface area contributed by atoms with Crippen molar-refractivity contribution in [3.63, 3.8) is 0 Å². The Kier molecular flexibility index (Phi) is 6.20. The number of nitrogens with zero attached hydrogens (tertiary/aromatic N) is 1. The van der Waals surface area contributed by atoms with Crippen LogP contribution in [-0.2, 0) is 12.4 Å². The maximum Gasteiger partial charge on any atom is 0.416 e. The lowest BCUT2D eigenvalue weighted by molar-refractivity contribution is -0.384. The Morgan fingerprint density at radius 3 is 1.97 bits per heavy atom. The van der Waals surface area contributed by atoms with Crippen molar-refractivity contribution in [1.82, 2.24) is 5.32 Å². The lowest BCUT2D eigenvalue weighted by atomic mass is 10.0. The largest absolute Gasteiger partial charge is 0.506 e. The van der Waals surface area contributed by atoms with Gasteiger partial charge in [0.2, 0.25) is 0 Å². The van der Waals surface area contributed by atoms with Gasteiger partial charge in [0.1, 0.15) is 5.75 Å². The number of nitro groups is 1. The summed E-state index contributed by atoms with van der Waals surface area (Å²) in [6.07, 6.45) is -10.3. The van der Waals surface area contributed by atoms with Gasteiger partial charge in [-0.05, 0) is 36.5 Å². The molecular formula is C16H9F6N3O4S. The third kappa shape index (κ3) is 5.56. The molecule has 3 N–H and O–H groups in total. The second-order valence-electron chi connectivity index (χ2n) is 5.66. The summed E-state index contributed by atoms with van der Waals surface area (Å²) in [7, 11) is 0. The molecule has 0 unspecified atom stereocenters. The summed E-state index contributed by atoms with van der Waals surface area (Å²) in [5.41, 5.74) is -5.00. The molecule has 0 spiro atoms. The molecular weight excluding hydrogens is 444 g/mol. The van der Waals surface area contributed by atoms with Crippen molar-refractivity contribution in [3.05, 3.63) is 63.2 Å². The van der Waals surface area contributed by atoms with Crippen molar-refractivity contribution < 1.29 is 41.2 Å². The van der Waals surface area contributed by atoms with Crippen LogP contribution in [0.25, 0.3) is 0 Å². The molecule has 0 aliphatic carbocycles. The average Bonchev–Trinajstić information content (AvgIpc) is 2.61. The molecule has 0 bridgehead atoms. The second-order valence-corrected chi connectivity index (χ2v) is 6.07. The van der Waals surface area contributed by atoms with Crippen molar-refractivity contribution in [2.75, 3.05) is 5.32 Å². The van der Waals surface area contributed by atoms with Crippen LogP contribution in [0.5, 0.6) is 5.75 Å². The highest BCUT2D eigenvalue weighted by Crippen LogP contribution is 2.36. The molecule has 2 aromatic carbocycles. The van der Waals surface area contributed by atoms with Crippen LogP contribution in [-0.4, -0.2) is 21.0 Å². The number of hydrogen-bond donors (Lipinski definition) is 3. The highest BCUT2D eigenvalue weighted by molar-refractivity contribution is 7.80. The number of aromatic hydroxyl groups is 1. The first kappa shape index (κ1) is 22.9. The third-order valence-corrected chi connectivity index (χ3v) is 3.72. The number of nitro benzene ring substituents is 1. The predicted molar refractivity (Wildman–Crippen MR) is 94.9 cm³/mol. The van der Waals surface area contributed by atoms with Crippen molar-refractivity contribution in [3.8, 4) is 5.75 Å². The minimum Gasteiger partial charge on any atom is -0.506 e. The van der Waals surface area contributed by atoms with Gasteiger partial charge in [-0.25, -0.2) is 0 Å². The average molecular weight is 453 g/mol. The molecule has 0 aliphatic rings. The summed E-state index contributed by atoms with van der Waals surface area (Å²) < 4.78 is 77.2. The van der Waals surface area contributed by atoms with E-state index >= 15 is 0 Å². The van der Waals surface area contributed by atoms with E-state index in [9.17, 15) is 46.4 Å². The molecule has 0 aliphatic heterocycles. The number of alkyl halides is 6. The fraction of sp³-hybridized carbons (Fsp3) is 0.125. The predicted octanol–water partition coefficient (Wildman–Crippen LogP) is 4.46. The number of benzene rings is 2. The molecule has 0 fully saturated rings. The molecule has 0 saturated heterocycles. The van der Waals surface area contributed by atoms with Crippen LogP contribution < -0.4 is 10.6 Å². The molecule has 2 rings (SSSR count). The van der Waals surface area contributed by atoms with Crippen LogP contribution in [0.1, 0.15) is 21.5 Å². The van der Waals surface area contributed by atoms with Gasteiger partial charge in [-0.1, -0.05) is 0 Å². The van der Waals surface area contributed by atoms with Crippen LogP contribution in [0.15, 0.2) is 36.4 Å². The fourth-order valence-electron chi connectivity index (χ4n) is 2.15. The van der Waals surface area contributed by atoms with E-state index in [0.29, 0.717) is 0 Å². The van der Waals surface area contributed by atoms with Gasteiger partial charge in [0, 0.05) is 11.6 Å². The van der Waals surface area contributed by atoms with Crippen LogP contribution >= 0.6 is 12.2 Å². The zero-order valence-corrected chi connectivity index (χ0v) is 15.1. The first-order valence-electron chi connectivity index (χ1n) is 7.57. The number of thiocarbonyl (C=S) groups is 1. The van der Waals surface area contributed by atoms with E-state index in [1.165, 1.54) is 0 Å². The van der Waals surface area contributed by atoms with E-state index in [2.05, 4.69) is 5.32 Å². The number of rotatable bonds is 3. The summed E-state index contributed by atoms with van der Waals surface area (Å²) in [4.78, 5) is 21.9. The molecule has 2 aromatic rings. The van der Waals surface area contributed by atoms with Crippen LogP contribution in [0.4, 0.5) is 37.7 Å². The monoisotopic (exact) mass is 453 g/mol. The van der Waals surface area contributed by atoms with Gasteiger partial charge in [-0.3, -0.25) is 20.2 Å². The number of carbonyl (C=O) groups excluding carboxylic acids is 1. The molecule has 0 radical (unpaired) electrons. The zero-order chi connectivity index (χ0) is 22.9. The number of phenols is 1. The van der Waals surface area contributed by atoms with Crippen LogP contribution in [0.3, 0.4) is 0 Å². The fourth-order valence-corrected chi connectivity index (χ4v) is 2.36. The molecule has 0 heterocycles. The molecule has 14 heteroatoms. The molecule has 160 valence electrons. The van der Waals surface area contributed by atoms with Crippen LogP contribution in [0.2, 0.25) is 0 Å². The zero-order valence-electron chi connectivity index (χ0n) is 14.3. The summed E-state index contributed by atoms with van der Waals surface area (Å²) in [6, 6.07) is 3.07. The van der Waals surface area contributed by atoms with E-state index in [1.807, 2.05) is 5.32 Å². The number of halogens is 6. The minimum absolute atomic E-state index is 0.137. The Hall–Kier alpha value is -3.42. The maximum absolute atomic E-state index is 12.9. The lowest BCUT2D eigenvalue weighted by Crippen LogP contribution is -2.34. The quantitative estimate of drug-likeness (QED) is 0.208. The summed E-state index contributed by atoms with van der Waals surface area (Å²) in [5.74, 6) is -2.02. The maximum atomic E-state index is 12.9. The number of phenolic OH excluding ortho intramolecular Hbond substituents is 1. The molecule has 7 nitrogen and oxygen atoms in total. The lowest BCUT2D eigenvalue weighted by Gasteiger charge is -2.15. The topological polar surface area (TPSA) is 104 Å². The molecule has 30 heavy (non-hydrogen) atoms. The molecule has 0 saturated carbocycles. The van der Waals surface area contributed by atoms with Gasteiger partial charge in [-0.2, -0.15) is 26.3 Å². The Labute approximate surface area is 168 Å². The number of anilines is 1. The van der Waals surface area contributed by atoms with Gasteiger partial charge in [-0.15, -0.1) is 0 Å². The number of hydrogen-bond acceptors (Lipinski definition) is 5. The number of carbonyl (C=O) groups is 1. The van der Waals surface area contributed by atoms with E-state index in [1.54, 1.807) is 0 Å².